The Hall–Kier alpha value is -0.850. The van der Waals surface area contributed by atoms with Crippen LogP contribution in [0.15, 0.2) is 24.3 Å². The molecule has 0 atom stereocenters. The minimum absolute atomic E-state index is 0.539. The molecule has 0 unspecified atom stereocenters. The van der Waals surface area contributed by atoms with Gasteiger partial charge >= 0.3 is 0 Å². The number of unbranched alkanes of at least 4 members (excludes halogenated alkanes) is 8. The van der Waals surface area contributed by atoms with E-state index in [1.165, 1.54) is 51.4 Å². The van der Waals surface area contributed by atoms with E-state index in [-0.39, 0.29) is 0 Å². The van der Waals surface area contributed by atoms with Crippen LogP contribution >= 0.6 is 0 Å². The highest BCUT2D eigenvalue weighted by molar-refractivity contribution is 5.50. The summed E-state index contributed by atoms with van der Waals surface area (Å²) in [6.07, 6.45) is 23.8. The van der Waals surface area contributed by atoms with E-state index in [1.54, 1.807) is 0 Å². The van der Waals surface area contributed by atoms with Crippen molar-refractivity contribution in [3.05, 3.63) is 24.3 Å². The van der Waals surface area contributed by atoms with Crippen molar-refractivity contribution in [3.63, 3.8) is 0 Å². The van der Waals surface area contributed by atoms with Crippen LogP contribution in [-0.2, 0) is 4.79 Å². The van der Waals surface area contributed by atoms with Crippen molar-refractivity contribution in [2.75, 3.05) is 0 Å². The number of carbonyl (C=O) groups excluding carboxylic acids is 1. The lowest BCUT2D eigenvalue weighted by Crippen LogP contribution is -1.75. The lowest BCUT2D eigenvalue weighted by atomic mass is 10.1. The van der Waals surface area contributed by atoms with E-state index in [1.807, 2.05) is 6.29 Å². The Labute approximate surface area is 113 Å². The number of hydrogen-bond donors (Lipinski definition) is 0. The van der Waals surface area contributed by atoms with Crippen LogP contribution in [0.2, 0.25) is 0 Å². The first kappa shape index (κ1) is 17.2. The summed E-state index contributed by atoms with van der Waals surface area (Å²) in [6, 6.07) is 0. The van der Waals surface area contributed by atoms with Crippen LogP contribution in [0.4, 0.5) is 0 Å². The molecule has 0 heterocycles. The van der Waals surface area contributed by atoms with E-state index in [4.69, 9.17) is 0 Å². The molecule has 0 bridgehead atoms. The maximum absolute atomic E-state index is 9.96. The molecule has 0 aliphatic carbocycles. The second kappa shape index (κ2) is 16.1. The normalized spacial score (nSPS) is 11.6. The molecule has 18 heavy (non-hydrogen) atoms. The average molecular weight is 249 g/mol. The Balaban J connectivity index is 3.12. The van der Waals surface area contributed by atoms with Gasteiger partial charge in [0, 0.05) is 6.42 Å². The van der Waals surface area contributed by atoms with Crippen molar-refractivity contribution < 1.29 is 4.79 Å². The molecule has 0 aliphatic rings. The molecule has 0 fully saturated rings. The number of hydrogen-bond acceptors (Lipinski definition) is 1. The molecule has 0 aromatic carbocycles. The Kier molecular flexibility index (Phi) is 15.4. The highest BCUT2D eigenvalue weighted by Crippen LogP contribution is 2.06. The van der Waals surface area contributed by atoms with E-state index < -0.39 is 0 Å². The molecular formula is C17H29O. The summed E-state index contributed by atoms with van der Waals surface area (Å²) in [5.74, 6) is 0. The third kappa shape index (κ3) is 15.1. The van der Waals surface area contributed by atoms with Gasteiger partial charge in [0.15, 0.2) is 6.29 Å². The minimum atomic E-state index is 0.539. The van der Waals surface area contributed by atoms with Crippen molar-refractivity contribution in [1.82, 2.24) is 0 Å². The lowest BCUT2D eigenvalue weighted by Gasteiger charge is -1.95. The van der Waals surface area contributed by atoms with Crippen LogP contribution < -0.4 is 0 Å². The van der Waals surface area contributed by atoms with E-state index in [2.05, 4.69) is 31.2 Å². The fourth-order valence-electron chi connectivity index (χ4n) is 1.83. The summed E-state index contributed by atoms with van der Waals surface area (Å²) in [5.41, 5.74) is 0. The van der Waals surface area contributed by atoms with Crippen molar-refractivity contribution in [2.45, 2.75) is 77.6 Å². The first-order valence-electron chi connectivity index (χ1n) is 7.56. The molecule has 0 saturated carbocycles. The Morgan fingerprint density at radius 2 is 1.22 bits per heavy atom. The maximum Gasteiger partial charge on any atom is 0.198 e. The first-order valence-corrected chi connectivity index (χ1v) is 7.56. The van der Waals surface area contributed by atoms with Gasteiger partial charge in [-0.1, -0.05) is 50.5 Å². The summed E-state index contributed by atoms with van der Waals surface area (Å²) in [4.78, 5) is 9.96. The molecule has 0 amide bonds. The zero-order chi connectivity index (χ0) is 13.3. The quantitative estimate of drug-likeness (QED) is 0.310. The summed E-state index contributed by atoms with van der Waals surface area (Å²) in [5, 5.41) is 0. The molecule has 0 aromatic heterocycles. The lowest BCUT2D eigenvalue weighted by molar-refractivity contribution is 0.551. The second-order valence-corrected chi connectivity index (χ2v) is 4.76. The van der Waals surface area contributed by atoms with Crippen molar-refractivity contribution in [1.29, 1.82) is 0 Å². The van der Waals surface area contributed by atoms with Gasteiger partial charge in [0.2, 0.25) is 0 Å². The molecule has 1 nitrogen and oxygen atoms in total. The molecule has 0 spiro atoms. The van der Waals surface area contributed by atoms with Gasteiger partial charge in [-0.3, -0.25) is 4.79 Å². The molecule has 0 saturated heterocycles. The van der Waals surface area contributed by atoms with Crippen LogP contribution in [0.3, 0.4) is 0 Å². The van der Waals surface area contributed by atoms with Gasteiger partial charge in [0.1, 0.15) is 0 Å². The van der Waals surface area contributed by atoms with Crippen LogP contribution in [0.25, 0.3) is 0 Å². The molecular weight excluding hydrogens is 220 g/mol. The average Bonchev–Trinajstić information content (AvgIpc) is 2.39. The molecule has 0 rings (SSSR count). The van der Waals surface area contributed by atoms with Crippen LogP contribution in [0.5, 0.6) is 0 Å². The van der Waals surface area contributed by atoms with Crippen LogP contribution in [0, 0.1) is 0 Å². The van der Waals surface area contributed by atoms with Crippen molar-refractivity contribution in [3.8, 4) is 0 Å². The first-order chi connectivity index (χ1) is 8.91. The van der Waals surface area contributed by atoms with Gasteiger partial charge in [-0.25, -0.2) is 0 Å². The third-order valence-electron chi connectivity index (χ3n) is 2.96. The predicted molar refractivity (Wildman–Crippen MR) is 80.4 cm³/mol. The molecule has 1 radical (unpaired) electrons. The Morgan fingerprint density at radius 1 is 0.722 bits per heavy atom. The monoisotopic (exact) mass is 249 g/mol. The molecule has 0 aromatic rings. The van der Waals surface area contributed by atoms with E-state index in [0.717, 1.165) is 12.8 Å². The van der Waals surface area contributed by atoms with Gasteiger partial charge in [-0.15, -0.1) is 0 Å². The predicted octanol–water partition coefficient (Wildman–Crippen LogP) is 5.52. The number of rotatable bonds is 13. The van der Waals surface area contributed by atoms with Crippen LogP contribution in [0.1, 0.15) is 77.6 Å². The van der Waals surface area contributed by atoms with E-state index >= 15 is 0 Å². The largest absolute Gasteiger partial charge is 0.291 e. The van der Waals surface area contributed by atoms with Gasteiger partial charge in [-0.2, -0.15) is 0 Å². The van der Waals surface area contributed by atoms with Gasteiger partial charge in [0.25, 0.3) is 0 Å². The van der Waals surface area contributed by atoms with E-state index in [0.29, 0.717) is 6.42 Å². The van der Waals surface area contributed by atoms with E-state index in [9.17, 15) is 4.79 Å². The zero-order valence-electron chi connectivity index (χ0n) is 12.0. The Bertz CT molecular complexity index is 216. The summed E-state index contributed by atoms with van der Waals surface area (Å²) in [6.45, 7) is 2.25. The summed E-state index contributed by atoms with van der Waals surface area (Å²) < 4.78 is 0. The molecule has 103 valence electrons. The van der Waals surface area contributed by atoms with Gasteiger partial charge < -0.3 is 0 Å². The molecule has 0 N–H and O–H groups in total. The highest BCUT2D eigenvalue weighted by Gasteiger charge is 1.86. The maximum atomic E-state index is 9.96. The van der Waals surface area contributed by atoms with Gasteiger partial charge in [-0.05, 0) is 44.9 Å². The molecule has 0 aliphatic heterocycles. The fourth-order valence-corrected chi connectivity index (χ4v) is 1.83. The SMILES string of the molecule is CCCCCC/C=C/CCCC/C=C/CC[C]=O. The summed E-state index contributed by atoms with van der Waals surface area (Å²) in [7, 11) is 0. The molecule has 1 heteroatoms. The Morgan fingerprint density at radius 3 is 1.72 bits per heavy atom. The second-order valence-electron chi connectivity index (χ2n) is 4.76. The minimum Gasteiger partial charge on any atom is -0.291 e. The smallest absolute Gasteiger partial charge is 0.198 e. The van der Waals surface area contributed by atoms with Crippen molar-refractivity contribution >= 4 is 6.29 Å². The topological polar surface area (TPSA) is 17.1 Å². The fraction of sp³-hybridized carbons (Fsp3) is 0.706. The summed E-state index contributed by atoms with van der Waals surface area (Å²) >= 11 is 0. The standard InChI is InChI=1S/C17H29O/c1-2-3-4-5-6-7-8-9-10-11-12-13-14-15-16-17-18/h7-8,13-14H,2-6,9-12,15-16H2,1H3/b8-7+,14-13+. The van der Waals surface area contributed by atoms with Gasteiger partial charge in [0.05, 0.1) is 0 Å². The highest BCUT2D eigenvalue weighted by atomic mass is 16.1. The number of allylic oxidation sites excluding steroid dienone is 4. The van der Waals surface area contributed by atoms with Crippen LogP contribution in [-0.4, -0.2) is 6.29 Å². The van der Waals surface area contributed by atoms with Crippen molar-refractivity contribution in [2.24, 2.45) is 0 Å². The third-order valence-corrected chi connectivity index (χ3v) is 2.96. The zero-order valence-corrected chi connectivity index (χ0v) is 12.0.